The second-order valence-electron chi connectivity index (χ2n) is 3.51. The van der Waals surface area contributed by atoms with Crippen molar-refractivity contribution >= 4 is 21.9 Å². The summed E-state index contributed by atoms with van der Waals surface area (Å²) in [5.41, 5.74) is 7.25. The van der Waals surface area contributed by atoms with Gasteiger partial charge < -0.3 is 15.6 Å². The molecule has 0 saturated heterocycles. The number of halogens is 1. The normalized spacial score (nSPS) is 12.2. The molecule has 0 aliphatic heterocycles. The number of nitrogens with two attached hydrogens (primary N) is 1. The smallest absolute Gasteiger partial charge is 0.344 e. The van der Waals surface area contributed by atoms with E-state index < -0.39 is 12.1 Å². The van der Waals surface area contributed by atoms with E-state index >= 15 is 0 Å². The zero-order valence-corrected chi connectivity index (χ0v) is 10.7. The first-order chi connectivity index (χ1) is 7.45. The van der Waals surface area contributed by atoms with Crippen molar-refractivity contribution in [1.82, 2.24) is 0 Å². The topological polar surface area (TPSA) is 72.5 Å². The van der Waals surface area contributed by atoms with E-state index in [-0.39, 0.29) is 0 Å². The molecule has 1 rings (SSSR count). The fourth-order valence-electron chi connectivity index (χ4n) is 1.35. The van der Waals surface area contributed by atoms with E-state index in [4.69, 9.17) is 15.6 Å². The molecule has 1 aromatic carbocycles. The van der Waals surface area contributed by atoms with Crippen LogP contribution in [0.3, 0.4) is 0 Å². The molecule has 0 aliphatic rings. The fraction of sp³-hybridized carbons (Fsp3) is 0.364. The van der Waals surface area contributed by atoms with E-state index in [0.717, 1.165) is 15.6 Å². The molecule has 4 nitrogen and oxygen atoms in total. The Morgan fingerprint density at radius 2 is 2.25 bits per heavy atom. The van der Waals surface area contributed by atoms with Crippen molar-refractivity contribution in [3.05, 3.63) is 27.7 Å². The molecule has 0 aliphatic carbocycles. The maximum absolute atomic E-state index is 10.7. The first kappa shape index (κ1) is 13.0. The second kappa shape index (κ2) is 5.32. The molecule has 16 heavy (non-hydrogen) atoms. The largest absolute Gasteiger partial charge is 0.479 e. The zero-order chi connectivity index (χ0) is 12.3. The highest BCUT2D eigenvalue weighted by molar-refractivity contribution is 9.10. The third-order valence-corrected chi connectivity index (χ3v) is 2.64. The number of hydrogen-bond acceptors (Lipinski definition) is 3. The van der Waals surface area contributed by atoms with Gasteiger partial charge in [-0.3, -0.25) is 0 Å². The van der Waals surface area contributed by atoms with E-state index in [1.807, 2.05) is 19.1 Å². The minimum atomic E-state index is -0.995. The molecule has 0 radical (unpaired) electrons. The standard InChI is InChI=1S/C11H14BrNO3/c1-6-3-9(12)4-8(5-13)10(6)16-7(2)11(14)15/h3-4,7H,5,13H2,1-2H3,(H,14,15). The number of hydrogen-bond donors (Lipinski definition) is 2. The molecule has 0 saturated carbocycles. The predicted octanol–water partition coefficient (Wildman–Crippen LogP) is 2.07. The van der Waals surface area contributed by atoms with Crippen LogP contribution in [0.5, 0.6) is 5.75 Å². The number of carboxylic acids is 1. The maximum atomic E-state index is 10.7. The predicted molar refractivity (Wildman–Crippen MR) is 64.5 cm³/mol. The van der Waals surface area contributed by atoms with Gasteiger partial charge in [0.25, 0.3) is 0 Å². The van der Waals surface area contributed by atoms with Crippen LogP contribution in [0.25, 0.3) is 0 Å². The quantitative estimate of drug-likeness (QED) is 0.889. The molecular weight excluding hydrogens is 274 g/mol. The van der Waals surface area contributed by atoms with Gasteiger partial charge in [-0.05, 0) is 31.5 Å². The summed E-state index contributed by atoms with van der Waals surface area (Å²) < 4.78 is 6.29. The Kier molecular flexibility index (Phi) is 4.32. The van der Waals surface area contributed by atoms with Crippen molar-refractivity contribution < 1.29 is 14.6 Å². The number of carboxylic acid groups (broad SMARTS) is 1. The fourth-order valence-corrected chi connectivity index (χ4v) is 1.97. The van der Waals surface area contributed by atoms with E-state index in [2.05, 4.69) is 15.9 Å². The molecule has 0 aromatic heterocycles. The minimum absolute atomic E-state index is 0.307. The number of aryl methyl sites for hydroxylation is 1. The summed E-state index contributed by atoms with van der Waals surface area (Å²) in [4.78, 5) is 10.7. The number of benzene rings is 1. The maximum Gasteiger partial charge on any atom is 0.344 e. The van der Waals surface area contributed by atoms with Crippen LogP contribution in [-0.4, -0.2) is 17.2 Å². The molecule has 0 bridgehead atoms. The lowest BCUT2D eigenvalue weighted by molar-refractivity contribution is -0.144. The first-order valence-electron chi connectivity index (χ1n) is 4.84. The highest BCUT2D eigenvalue weighted by Crippen LogP contribution is 2.28. The van der Waals surface area contributed by atoms with Gasteiger partial charge in [-0.25, -0.2) is 4.79 Å². The summed E-state index contributed by atoms with van der Waals surface area (Å²) in [5.74, 6) is -0.439. The van der Waals surface area contributed by atoms with Crippen LogP contribution in [0.15, 0.2) is 16.6 Å². The number of rotatable bonds is 4. The molecule has 0 amide bonds. The van der Waals surface area contributed by atoms with Crippen LogP contribution in [0.4, 0.5) is 0 Å². The lowest BCUT2D eigenvalue weighted by atomic mass is 10.1. The van der Waals surface area contributed by atoms with Gasteiger partial charge in [-0.1, -0.05) is 15.9 Å². The summed E-state index contributed by atoms with van der Waals surface area (Å²) in [7, 11) is 0. The Balaban J connectivity index is 3.07. The van der Waals surface area contributed by atoms with Gasteiger partial charge in [0, 0.05) is 16.6 Å². The van der Waals surface area contributed by atoms with Crippen molar-refractivity contribution in [2.45, 2.75) is 26.5 Å². The molecule has 88 valence electrons. The molecule has 5 heteroatoms. The number of ether oxygens (including phenoxy) is 1. The van der Waals surface area contributed by atoms with Gasteiger partial charge in [-0.15, -0.1) is 0 Å². The van der Waals surface area contributed by atoms with Crippen LogP contribution < -0.4 is 10.5 Å². The number of carbonyl (C=O) groups is 1. The van der Waals surface area contributed by atoms with Crippen molar-refractivity contribution in [3.8, 4) is 5.75 Å². The van der Waals surface area contributed by atoms with Gasteiger partial charge in [0.05, 0.1) is 0 Å². The third kappa shape index (κ3) is 2.96. The van der Waals surface area contributed by atoms with E-state index in [1.54, 1.807) is 0 Å². The average Bonchev–Trinajstić information content (AvgIpc) is 2.21. The van der Waals surface area contributed by atoms with Crippen molar-refractivity contribution in [2.24, 2.45) is 5.73 Å². The van der Waals surface area contributed by atoms with Crippen LogP contribution >= 0.6 is 15.9 Å². The Hall–Kier alpha value is -1.07. The summed E-state index contributed by atoms with van der Waals surface area (Å²) in [5, 5.41) is 8.79. The van der Waals surface area contributed by atoms with Crippen LogP contribution in [0, 0.1) is 6.92 Å². The van der Waals surface area contributed by atoms with Gasteiger partial charge >= 0.3 is 5.97 Å². The highest BCUT2D eigenvalue weighted by atomic mass is 79.9. The molecule has 3 N–H and O–H groups in total. The second-order valence-corrected chi connectivity index (χ2v) is 4.43. The molecular formula is C11H14BrNO3. The van der Waals surface area contributed by atoms with Crippen LogP contribution in [-0.2, 0) is 11.3 Å². The Morgan fingerprint density at radius 3 is 2.75 bits per heavy atom. The molecule has 1 unspecified atom stereocenters. The van der Waals surface area contributed by atoms with E-state index in [0.29, 0.717) is 12.3 Å². The Morgan fingerprint density at radius 1 is 1.62 bits per heavy atom. The molecule has 1 atom stereocenters. The first-order valence-corrected chi connectivity index (χ1v) is 5.63. The summed E-state index contributed by atoms with van der Waals surface area (Å²) in [6.45, 7) is 3.65. The van der Waals surface area contributed by atoms with Crippen LogP contribution in [0.1, 0.15) is 18.1 Å². The van der Waals surface area contributed by atoms with E-state index in [1.165, 1.54) is 6.92 Å². The monoisotopic (exact) mass is 287 g/mol. The molecule has 0 spiro atoms. The summed E-state index contributed by atoms with van der Waals surface area (Å²) in [6.07, 6.45) is -0.884. The Bertz CT molecular complexity index is 406. The lowest BCUT2D eigenvalue weighted by Crippen LogP contribution is -2.24. The Labute approximate surface area is 103 Å². The van der Waals surface area contributed by atoms with Crippen molar-refractivity contribution in [2.75, 3.05) is 0 Å². The van der Waals surface area contributed by atoms with Gasteiger partial charge in [0.1, 0.15) is 5.75 Å². The van der Waals surface area contributed by atoms with Gasteiger partial charge in [0.15, 0.2) is 6.10 Å². The number of aliphatic carboxylic acids is 1. The van der Waals surface area contributed by atoms with Crippen LogP contribution in [0.2, 0.25) is 0 Å². The summed E-state index contributed by atoms with van der Waals surface area (Å²) >= 11 is 3.36. The average molecular weight is 288 g/mol. The zero-order valence-electron chi connectivity index (χ0n) is 9.16. The van der Waals surface area contributed by atoms with Gasteiger partial charge in [0.2, 0.25) is 0 Å². The lowest BCUT2D eigenvalue weighted by Gasteiger charge is -2.16. The third-order valence-electron chi connectivity index (χ3n) is 2.18. The van der Waals surface area contributed by atoms with Crippen molar-refractivity contribution in [1.29, 1.82) is 0 Å². The SMILES string of the molecule is Cc1cc(Br)cc(CN)c1OC(C)C(=O)O. The minimum Gasteiger partial charge on any atom is -0.479 e. The highest BCUT2D eigenvalue weighted by Gasteiger charge is 2.16. The molecule has 0 heterocycles. The van der Waals surface area contributed by atoms with Crippen molar-refractivity contribution in [3.63, 3.8) is 0 Å². The summed E-state index contributed by atoms with van der Waals surface area (Å²) in [6, 6.07) is 3.69. The van der Waals surface area contributed by atoms with Gasteiger partial charge in [-0.2, -0.15) is 0 Å². The van der Waals surface area contributed by atoms with E-state index in [9.17, 15) is 4.79 Å². The molecule has 1 aromatic rings. The molecule has 0 fully saturated rings.